The largest absolute Gasteiger partial charge is 0.496 e. The van der Waals surface area contributed by atoms with Gasteiger partial charge in [-0.15, -0.1) is 0 Å². The number of fused-ring (bicyclic) bond motifs is 4. The molecule has 0 N–H and O–H groups in total. The number of hydrogen-bond donors (Lipinski definition) is 0. The number of nitriles is 1. The highest BCUT2D eigenvalue weighted by atomic mass is 16.5. The third-order valence-corrected chi connectivity index (χ3v) is 4.62. The van der Waals surface area contributed by atoms with Crippen LogP contribution in [0.15, 0.2) is 18.2 Å². The maximum Gasteiger partial charge on any atom is 0.122 e. The van der Waals surface area contributed by atoms with Crippen molar-refractivity contribution in [3.8, 4) is 11.8 Å². The molecule has 3 aliphatic rings. The van der Waals surface area contributed by atoms with Gasteiger partial charge in [-0.2, -0.15) is 5.26 Å². The molecule has 2 saturated carbocycles. The summed E-state index contributed by atoms with van der Waals surface area (Å²) in [5.74, 6) is 2.78. The molecule has 0 radical (unpaired) electrons. The van der Waals surface area contributed by atoms with Crippen LogP contribution in [0.2, 0.25) is 0 Å². The van der Waals surface area contributed by atoms with Gasteiger partial charge in [0.25, 0.3) is 0 Å². The Morgan fingerprint density at radius 3 is 3.13 bits per heavy atom. The molecule has 0 aliphatic heterocycles. The van der Waals surface area contributed by atoms with Crippen molar-refractivity contribution in [3.63, 3.8) is 0 Å². The van der Waals surface area contributed by atoms with Crippen LogP contribution < -0.4 is 4.74 Å². The lowest BCUT2D eigenvalue weighted by Gasteiger charge is -2.33. The maximum atomic E-state index is 9.18. The predicted octanol–water partition coefficient (Wildman–Crippen LogP) is 2.42. The van der Waals surface area contributed by atoms with Gasteiger partial charge < -0.3 is 4.74 Å². The minimum absolute atomic E-state index is 0.0318. The summed E-state index contributed by atoms with van der Waals surface area (Å²) >= 11 is 0. The number of benzene rings is 1. The van der Waals surface area contributed by atoms with Crippen LogP contribution in [0.4, 0.5) is 0 Å². The minimum Gasteiger partial charge on any atom is -0.496 e. The van der Waals surface area contributed by atoms with Crippen molar-refractivity contribution < 1.29 is 4.74 Å². The van der Waals surface area contributed by atoms with Gasteiger partial charge in [-0.05, 0) is 29.9 Å². The molecule has 74 valence electrons. The lowest BCUT2D eigenvalue weighted by Crippen LogP contribution is -2.25. The molecule has 2 heteroatoms. The van der Waals surface area contributed by atoms with Crippen molar-refractivity contribution in [2.24, 2.45) is 11.3 Å². The molecule has 4 rings (SSSR count). The zero-order chi connectivity index (χ0) is 10.2. The molecule has 3 aliphatic carbocycles. The summed E-state index contributed by atoms with van der Waals surface area (Å²) in [5, 5.41) is 9.18. The topological polar surface area (TPSA) is 33.0 Å². The zero-order valence-corrected chi connectivity index (χ0v) is 8.53. The minimum atomic E-state index is 0.0318. The van der Waals surface area contributed by atoms with Crippen molar-refractivity contribution in [2.45, 2.75) is 18.3 Å². The Balaban J connectivity index is 1.92. The number of hydrogen-bond acceptors (Lipinski definition) is 2. The van der Waals surface area contributed by atoms with Gasteiger partial charge >= 0.3 is 0 Å². The first kappa shape index (κ1) is 7.76. The molecule has 0 saturated heterocycles. The van der Waals surface area contributed by atoms with Crippen molar-refractivity contribution >= 4 is 0 Å². The molecular weight excluding hydrogens is 186 g/mol. The lowest BCUT2D eigenvalue weighted by molar-refractivity contribution is 0.298. The molecule has 4 atom stereocenters. The molecule has 1 aromatic rings. The maximum absolute atomic E-state index is 9.18. The summed E-state index contributed by atoms with van der Waals surface area (Å²) in [6, 6.07) is 8.78. The van der Waals surface area contributed by atoms with Crippen LogP contribution in [-0.2, 0) is 0 Å². The van der Waals surface area contributed by atoms with Crippen molar-refractivity contribution in [1.82, 2.24) is 0 Å². The van der Waals surface area contributed by atoms with Crippen LogP contribution in [0.25, 0.3) is 0 Å². The molecule has 1 aromatic carbocycles. The summed E-state index contributed by atoms with van der Waals surface area (Å²) in [6.07, 6.45) is 1.06. The zero-order valence-electron chi connectivity index (χ0n) is 8.53. The Bertz CT molecular complexity index is 516. The van der Waals surface area contributed by atoms with Gasteiger partial charge in [0.05, 0.1) is 18.6 Å². The van der Waals surface area contributed by atoms with E-state index in [1.165, 1.54) is 11.1 Å². The summed E-state index contributed by atoms with van der Waals surface area (Å²) in [6.45, 7) is 0. The first-order valence-corrected chi connectivity index (χ1v) is 5.41. The van der Waals surface area contributed by atoms with Crippen LogP contribution in [0.5, 0.6) is 5.75 Å². The molecule has 0 aromatic heterocycles. The quantitative estimate of drug-likeness (QED) is 0.692. The van der Waals surface area contributed by atoms with Gasteiger partial charge in [-0.3, -0.25) is 0 Å². The highest BCUT2D eigenvalue weighted by Gasteiger charge is 2.81. The standard InChI is InChI=1S/C13H11NO/c1-15-9-4-2-3-7-10(9)8-5-13(6-14)11(7)12(8)13/h2-4,8,11-12H,5H2,1H3/t8-,11+,12+,13-/m0/s1. The van der Waals surface area contributed by atoms with E-state index in [9.17, 15) is 5.26 Å². The molecule has 2 nitrogen and oxygen atoms in total. The molecule has 15 heavy (non-hydrogen) atoms. The Morgan fingerprint density at radius 1 is 1.53 bits per heavy atom. The summed E-state index contributed by atoms with van der Waals surface area (Å²) in [7, 11) is 1.73. The normalized spacial score (nSPS) is 42.3. The van der Waals surface area contributed by atoms with E-state index in [1.54, 1.807) is 7.11 Å². The van der Waals surface area contributed by atoms with Gasteiger partial charge in [-0.1, -0.05) is 12.1 Å². The van der Waals surface area contributed by atoms with Gasteiger partial charge in [0.1, 0.15) is 5.75 Å². The van der Waals surface area contributed by atoms with E-state index >= 15 is 0 Å². The molecule has 0 heterocycles. The fourth-order valence-corrected chi connectivity index (χ4v) is 4.00. The molecule has 0 unspecified atom stereocenters. The third kappa shape index (κ3) is 0.587. The van der Waals surface area contributed by atoms with Crippen LogP contribution in [0.1, 0.15) is 29.4 Å². The fourth-order valence-electron chi connectivity index (χ4n) is 4.00. The predicted molar refractivity (Wildman–Crippen MR) is 54.6 cm³/mol. The monoisotopic (exact) mass is 197 g/mol. The van der Waals surface area contributed by atoms with Gasteiger partial charge in [-0.25, -0.2) is 0 Å². The second kappa shape index (κ2) is 2.04. The van der Waals surface area contributed by atoms with Crippen LogP contribution in [0, 0.1) is 22.7 Å². The molecule has 0 amide bonds. The average molecular weight is 197 g/mol. The number of methoxy groups -OCH3 is 1. The highest BCUT2D eigenvalue weighted by Crippen LogP contribution is 2.87. The van der Waals surface area contributed by atoms with E-state index in [1.807, 2.05) is 12.1 Å². The summed E-state index contributed by atoms with van der Waals surface area (Å²) < 4.78 is 5.40. The molecular formula is C13H11NO. The van der Waals surface area contributed by atoms with Crippen molar-refractivity contribution in [2.75, 3.05) is 7.11 Å². The van der Waals surface area contributed by atoms with Crippen LogP contribution >= 0.6 is 0 Å². The van der Waals surface area contributed by atoms with Gasteiger partial charge in [0, 0.05) is 11.5 Å². The Hall–Kier alpha value is -1.49. The van der Waals surface area contributed by atoms with E-state index in [4.69, 9.17) is 4.74 Å². The number of ether oxygens (including phenoxy) is 1. The fraction of sp³-hybridized carbons (Fsp3) is 0.462. The van der Waals surface area contributed by atoms with E-state index < -0.39 is 0 Å². The number of rotatable bonds is 1. The smallest absolute Gasteiger partial charge is 0.122 e. The SMILES string of the molecule is COc1cccc2c1[C@@H]1C[C@@]3(C#N)[C@H]1[C@@H]23. The van der Waals surface area contributed by atoms with Crippen LogP contribution in [0.3, 0.4) is 0 Å². The first-order valence-electron chi connectivity index (χ1n) is 5.41. The summed E-state index contributed by atoms with van der Waals surface area (Å²) in [5.41, 5.74) is 2.81. The third-order valence-electron chi connectivity index (χ3n) is 4.62. The first-order chi connectivity index (χ1) is 7.33. The van der Waals surface area contributed by atoms with E-state index in [-0.39, 0.29) is 5.41 Å². The van der Waals surface area contributed by atoms with Crippen LogP contribution in [-0.4, -0.2) is 7.11 Å². The summed E-state index contributed by atoms with van der Waals surface area (Å²) in [4.78, 5) is 0. The highest BCUT2D eigenvalue weighted by molar-refractivity contribution is 5.63. The van der Waals surface area contributed by atoms with E-state index in [2.05, 4.69) is 12.1 Å². The second-order valence-corrected chi connectivity index (χ2v) is 4.93. The number of nitrogens with zero attached hydrogens (tertiary/aromatic N) is 1. The van der Waals surface area contributed by atoms with E-state index in [0.29, 0.717) is 17.8 Å². The lowest BCUT2D eigenvalue weighted by atomic mass is 9.69. The van der Waals surface area contributed by atoms with Gasteiger partial charge in [0.15, 0.2) is 0 Å². The van der Waals surface area contributed by atoms with Crippen molar-refractivity contribution in [3.05, 3.63) is 29.3 Å². The Labute approximate surface area is 88.5 Å². The Morgan fingerprint density at radius 2 is 2.40 bits per heavy atom. The Kier molecular flexibility index (Phi) is 1.05. The molecule has 2 fully saturated rings. The second-order valence-electron chi connectivity index (χ2n) is 4.93. The van der Waals surface area contributed by atoms with E-state index in [0.717, 1.165) is 12.2 Å². The van der Waals surface area contributed by atoms with Gasteiger partial charge in [0.2, 0.25) is 0 Å². The molecule has 0 bridgehead atoms. The molecule has 0 spiro atoms. The average Bonchev–Trinajstić information content (AvgIpc) is 2.66. The van der Waals surface area contributed by atoms with Crippen molar-refractivity contribution in [1.29, 1.82) is 5.26 Å².